The lowest BCUT2D eigenvalue weighted by Gasteiger charge is -2.29. The zero-order valence-corrected chi connectivity index (χ0v) is 14.2. The Morgan fingerprint density at radius 1 is 1.46 bits per heavy atom. The first-order chi connectivity index (χ1) is 11.5. The molecule has 0 N–H and O–H groups in total. The van der Waals surface area contributed by atoms with E-state index in [-0.39, 0.29) is 21.8 Å². The molecule has 0 unspecified atom stereocenters. The molecule has 1 aromatic heterocycles. The molecular weight excluding hydrogens is 330 g/mol. The maximum Gasteiger partial charge on any atom is 0.309 e. The summed E-state index contributed by atoms with van der Waals surface area (Å²) >= 11 is 0. The van der Waals surface area contributed by atoms with Crippen LogP contribution in [-0.2, 0) is 19.4 Å². The predicted octanol–water partition coefficient (Wildman–Crippen LogP) is 1.50. The molecule has 7 nitrogen and oxygen atoms in total. The number of allylic oxidation sites excluding steroid dienone is 1. The number of sulfone groups is 1. The van der Waals surface area contributed by atoms with Gasteiger partial charge < -0.3 is 9.64 Å². The molecule has 2 rings (SSSR count). The molecule has 0 atom stereocenters. The smallest absolute Gasteiger partial charge is 0.309 e. The van der Waals surface area contributed by atoms with Crippen molar-refractivity contribution in [1.29, 1.82) is 5.26 Å². The summed E-state index contributed by atoms with van der Waals surface area (Å²) in [6.07, 6.45) is 3.84. The number of ether oxygens (including phenoxy) is 1. The number of esters is 1. The van der Waals surface area contributed by atoms with E-state index in [0.717, 1.165) is 0 Å². The maximum absolute atomic E-state index is 12.4. The molecule has 0 bridgehead atoms. The van der Waals surface area contributed by atoms with E-state index in [0.29, 0.717) is 32.5 Å². The van der Waals surface area contributed by atoms with E-state index < -0.39 is 9.84 Å². The van der Waals surface area contributed by atoms with E-state index in [1.165, 1.54) is 18.5 Å². The maximum atomic E-state index is 12.4. The number of hydrogen-bond acceptors (Lipinski definition) is 7. The van der Waals surface area contributed by atoms with Crippen LogP contribution < -0.4 is 0 Å². The third kappa shape index (κ3) is 4.11. The van der Waals surface area contributed by atoms with Crippen LogP contribution in [0.5, 0.6) is 0 Å². The molecule has 1 saturated heterocycles. The summed E-state index contributed by atoms with van der Waals surface area (Å²) in [7, 11) is -3.93. The van der Waals surface area contributed by atoms with Crippen LogP contribution in [0.3, 0.4) is 0 Å². The van der Waals surface area contributed by atoms with Gasteiger partial charge in [-0.1, -0.05) is 6.07 Å². The standard InChI is InChI=1S/C16H19N3O4S/c1-2-23-16(20)13-6-9-19(10-7-13)12-14(11-17)24(21,22)15-5-3-4-8-18-15/h3-5,8,12-13H,2,6-7,9-10H2,1H3/b14-12+. The normalized spacial score (nSPS) is 16.5. The van der Waals surface area contributed by atoms with E-state index in [2.05, 4.69) is 4.98 Å². The molecule has 1 aliphatic heterocycles. The van der Waals surface area contributed by atoms with E-state index in [4.69, 9.17) is 4.74 Å². The van der Waals surface area contributed by atoms with Gasteiger partial charge in [-0.3, -0.25) is 4.79 Å². The number of piperidine rings is 1. The predicted molar refractivity (Wildman–Crippen MR) is 86.0 cm³/mol. The Kier molecular flexibility index (Phi) is 5.93. The van der Waals surface area contributed by atoms with Crippen LogP contribution in [0.25, 0.3) is 0 Å². The first-order valence-electron chi connectivity index (χ1n) is 7.67. The quantitative estimate of drug-likeness (QED) is 0.586. The Hall–Kier alpha value is -2.40. The molecule has 2 heterocycles. The van der Waals surface area contributed by atoms with Crippen LogP contribution in [0.15, 0.2) is 40.5 Å². The second-order valence-corrected chi connectivity index (χ2v) is 7.20. The van der Waals surface area contributed by atoms with Gasteiger partial charge in [-0.05, 0) is 31.9 Å². The molecular formula is C16H19N3O4S. The summed E-state index contributed by atoms with van der Waals surface area (Å²) in [5, 5.41) is 9.08. The number of hydrogen-bond donors (Lipinski definition) is 0. The fraction of sp³-hybridized carbons (Fsp3) is 0.438. The first kappa shape index (κ1) is 17.9. The largest absolute Gasteiger partial charge is 0.466 e. The second kappa shape index (κ2) is 7.93. The van der Waals surface area contributed by atoms with Crippen LogP contribution in [0.4, 0.5) is 0 Å². The van der Waals surface area contributed by atoms with Gasteiger partial charge in [-0.25, -0.2) is 13.4 Å². The minimum atomic E-state index is -3.93. The van der Waals surface area contributed by atoms with Crippen molar-refractivity contribution >= 4 is 15.8 Å². The van der Waals surface area contributed by atoms with Gasteiger partial charge in [0.25, 0.3) is 0 Å². The summed E-state index contributed by atoms with van der Waals surface area (Å²) < 4.78 is 29.9. The fourth-order valence-corrected chi connectivity index (χ4v) is 3.56. The van der Waals surface area contributed by atoms with E-state index in [1.807, 2.05) is 0 Å². The molecule has 128 valence electrons. The molecule has 1 aliphatic rings. The van der Waals surface area contributed by atoms with Crippen LogP contribution >= 0.6 is 0 Å². The number of rotatable bonds is 5. The van der Waals surface area contributed by atoms with Crippen LogP contribution in [0.2, 0.25) is 0 Å². The molecule has 0 aliphatic carbocycles. The minimum absolute atomic E-state index is 0.154. The summed E-state index contributed by atoms with van der Waals surface area (Å²) in [4.78, 5) is 16.9. The molecule has 0 radical (unpaired) electrons. The van der Waals surface area contributed by atoms with Gasteiger partial charge in [0, 0.05) is 25.5 Å². The Bertz CT molecular complexity index is 745. The highest BCUT2D eigenvalue weighted by molar-refractivity contribution is 7.95. The Balaban J connectivity index is 2.10. The highest BCUT2D eigenvalue weighted by atomic mass is 32.2. The van der Waals surface area contributed by atoms with Gasteiger partial charge in [-0.2, -0.15) is 5.26 Å². The van der Waals surface area contributed by atoms with E-state index in [9.17, 15) is 18.5 Å². The van der Waals surface area contributed by atoms with Crippen molar-refractivity contribution in [2.45, 2.75) is 24.8 Å². The fourth-order valence-electron chi connectivity index (χ4n) is 2.47. The molecule has 0 spiro atoms. The molecule has 1 aromatic rings. The Morgan fingerprint density at radius 2 is 2.17 bits per heavy atom. The second-order valence-electron chi connectivity index (χ2n) is 5.34. The number of pyridine rings is 1. The zero-order chi connectivity index (χ0) is 17.6. The van der Waals surface area contributed by atoms with E-state index in [1.54, 1.807) is 30.0 Å². The Labute approximate surface area is 141 Å². The summed E-state index contributed by atoms with van der Waals surface area (Å²) in [5.74, 6) is -0.393. The Morgan fingerprint density at radius 3 is 2.71 bits per heavy atom. The average molecular weight is 349 g/mol. The van der Waals surface area contributed by atoms with Crippen molar-refractivity contribution in [2.75, 3.05) is 19.7 Å². The van der Waals surface area contributed by atoms with Crippen LogP contribution in [0.1, 0.15) is 19.8 Å². The highest BCUT2D eigenvalue weighted by Crippen LogP contribution is 2.22. The van der Waals surface area contributed by atoms with Gasteiger partial charge in [-0.15, -0.1) is 0 Å². The van der Waals surface area contributed by atoms with Crippen molar-refractivity contribution < 1.29 is 17.9 Å². The van der Waals surface area contributed by atoms with E-state index >= 15 is 0 Å². The SMILES string of the molecule is CCOC(=O)C1CCN(/C=C(\C#N)S(=O)(=O)c2ccccn2)CC1. The lowest BCUT2D eigenvalue weighted by Crippen LogP contribution is -2.34. The summed E-state index contributed by atoms with van der Waals surface area (Å²) in [6, 6.07) is 6.26. The first-order valence-corrected chi connectivity index (χ1v) is 9.16. The van der Waals surface area contributed by atoms with Crippen molar-refractivity contribution in [3.8, 4) is 6.07 Å². The van der Waals surface area contributed by atoms with Gasteiger partial charge in [0.2, 0.25) is 9.84 Å². The van der Waals surface area contributed by atoms with Crippen LogP contribution in [0, 0.1) is 17.2 Å². The lowest BCUT2D eigenvalue weighted by atomic mass is 9.97. The topological polar surface area (TPSA) is 100 Å². The van der Waals surface area contributed by atoms with Gasteiger partial charge >= 0.3 is 5.97 Å². The van der Waals surface area contributed by atoms with Gasteiger partial charge in [0.05, 0.1) is 12.5 Å². The minimum Gasteiger partial charge on any atom is -0.466 e. The van der Waals surface area contributed by atoms with Crippen molar-refractivity contribution in [2.24, 2.45) is 5.92 Å². The molecule has 1 fully saturated rings. The number of aromatic nitrogens is 1. The van der Waals surface area contributed by atoms with Crippen molar-refractivity contribution in [3.63, 3.8) is 0 Å². The molecule has 24 heavy (non-hydrogen) atoms. The molecule has 8 heteroatoms. The lowest BCUT2D eigenvalue weighted by molar-refractivity contribution is -0.149. The summed E-state index contributed by atoms with van der Waals surface area (Å²) in [6.45, 7) is 3.09. The number of nitriles is 1. The monoisotopic (exact) mass is 349 g/mol. The number of likely N-dealkylation sites (tertiary alicyclic amines) is 1. The van der Waals surface area contributed by atoms with Gasteiger partial charge in [0.1, 0.15) is 6.07 Å². The van der Waals surface area contributed by atoms with Crippen LogP contribution in [-0.4, -0.2) is 44.0 Å². The van der Waals surface area contributed by atoms with Gasteiger partial charge in [0.15, 0.2) is 9.93 Å². The average Bonchev–Trinajstić information content (AvgIpc) is 2.61. The highest BCUT2D eigenvalue weighted by Gasteiger charge is 2.27. The van der Waals surface area contributed by atoms with Crippen molar-refractivity contribution in [3.05, 3.63) is 35.5 Å². The number of nitrogens with zero attached hydrogens (tertiary/aromatic N) is 3. The summed E-state index contributed by atoms with van der Waals surface area (Å²) in [5.41, 5.74) is 0. The third-order valence-corrected chi connectivity index (χ3v) is 5.33. The van der Waals surface area contributed by atoms with Crippen molar-refractivity contribution in [1.82, 2.24) is 9.88 Å². The molecule has 0 saturated carbocycles. The number of carbonyl (C=O) groups excluding carboxylic acids is 1. The zero-order valence-electron chi connectivity index (χ0n) is 13.4. The number of carbonyl (C=O) groups is 1. The molecule has 0 aromatic carbocycles. The molecule has 0 amide bonds. The third-order valence-electron chi connectivity index (χ3n) is 3.76.